The van der Waals surface area contributed by atoms with Crippen LogP contribution < -0.4 is 10.2 Å². The summed E-state index contributed by atoms with van der Waals surface area (Å²) in [5.41, 5.74) is 0. The number of hydrogen-bond acceptors (Lipinski definition) is 6. The van der Waals surface area contributed by atoms with Crippen LogP contribution in [0.25, 0.3) is 0 Å². The summed E-state index contributed by atoms with van der Waals surface area (Å²) < 4.78 is 5.53. The fourth-order valence-electron chi connectivity index (χ4n) is 1.66. The molecule has 0 unspecified atom stereocenters. The summed E-state index contributed by atoms with van der Waals surface area (Å²) in [6.45, 7) is 6.36. The van der Waals surface area contributed by atoms with Crippen LogP contribution in [0.2, 0.25) is 0 Å². The first-order valence-corrected chi connectivity index (χ1v) is 6.11. The molecule has 100 valence electrons. The summed E-state index contributed by atoms with van der Waals surface area (Å²) in [5, 5.41) is 11.1. The van der Waals surface area contributed by atoms with Gasteiger partial charge in [-0.15, -0.1) is 5.10 Å². The minimum absolute atomic E-state index is 0.0707. The molecule has 0 bridgehead atoms. The highest BCUT2D eigenvalue weighted by Crippen LogP contribution is 2.14. The zero-order chi connectivity index (χ0) is 13.1. The number of carbonyl (C=O) groups excluding carboxylic acids is 1. The van der Waals surface area contributed by atoms with Crippen LogP contribution in [0.3, 0.4) is 0 Å². The number of carbonyl (C=O) groups is 1. The largest absolute Gasteiger partial charge is 0.407 e. The number of anilines is 1. The summed E-state index contributed by atoms with van der Waals surface area (Å²) in [6.07, 6.45) is 0. The minimum Gasteiger partial charge on any atom is -0.407 e. The van der Waals surface area contributed by atoms with Crippen molar-refractivity contribution in [1.29, 1.82) is 0 Å². The number of nitrogens with zero attached hydrogens (tertiary/aromatic N) is 4. The SMILES string of the molecule is CC(C)NCc1nnc(N2CCN(C)C(=O)C2)o1. The second-order valence-corrected chi connectivity index (χ2v) is 4.75. The van der Waals surface area contributed by atoms with Gasteiger partial charge in [-0.2, -0.15) is 0 Å². The topological polar surface area (TPSA) is 74.5 Å². The first-order chi connectivity index (χ1) is 8.56. The average Bonchev–Trinajstić information content (AvgIpc) is 2.79. The van der Waals surface area contributed by atoms with Crippen molar-refractivity contribution >= 4 is 11.9 Å². The summed E-state index contributed by atoms with van der Waals surface area (Å²) in [4.78, 5) is 15.1. The maximum absolute atomic E-state index is 11.6. The molecule has 0 aliphatic carbocycles. The number of hydrogen-bond donors (Lipinski definition) is 1. The number of nitrogens with one attached hydrogen (secondary N) is 1. The van der Waals surface area contributed by atoms with Gasteiger partial charge in [-0.25, -0.2) is 0 Å². The molecule has 0 saturated carbocycles. The van der Waals surface area contributed by atoms with Crippen LogP contribution in [0.4, 0.5) is 6.01 Å². The van der Waals surface area contributed by atoms with E-state index in [1.165, 1.54) is 0 Å². The van der Waals surface area contributed by atoms with Gasteiger partial charge in [0.1, 0.15) is 6.54 Å². The van der Waals surface area contributed by atoms with E-state index in [1.807, 2.05) is 4.90 Å². The Morgan fingerprint density at radius 1 is 1.39 bits per heavy atom. The lowest BCUT2D eigenvalue weighted by Crippen LogP contribution is -2.48. The Morgan fingerprint density at radius 3 is 2.83 bits per heavy atom. The molecule has 1 N–H and O–H groups in total. The second kappa shape index (κ2) is 5.34. The van der Waals surface area contributed by atoms with Crippen LogP contribution in [-0.2, 0) is 11.3 Å². The lowest BCUT2D eigenvalue weighted by molar-refractivity contribution is -0.129. The third-order valence-corrected chi connectivity index (χ3v) is 2.85. The molecule has 7 heteroatoms. The highest BCUT2D eigenvalue weighted by Gasteiger charge is 2.24. The monoisotopic (exact) mass is 253 g/mol. The molecular formula is C11H19N5O2. The Morgan fingerprint density at radius 2 is 2.17 bits per heavy atom. The fourth-order valence-corrected chi connectivity index (χ4v) is 1.66. The van der Waals surface area contributed by atoms with Gasteiger partial charge in [0.2, 0.25) is 11.8 Å². The molecular weight excluding hydrogens is 234 g/mol. The van der Waals surface area contributed by atoms with Gasteiger partial charge < -0.3 is 19.5 Å². The van der Waals surface area contributed by atoms with Gasteiger partial charge in [0.25, 0.3) is 0 Å². The van der Waals surface area contributed by atoms with E-state index in [0.717, 1.165) is 6.54 Å². The molecule has 1 aromatic rings. The number of amides is 1. The van der Waals surface area contributed by atoms with Crippen LogP contribution in [0.15, 0.2) is 4.42 Å². The zero-order valence-corrected chi connectivity index (χ0v) is 11.0. The Kier molecular flexibility index (Phi) is 3.81. The fraction of sp³-hybridized carbons (Fsp3) is 0.727. The van der Waals surface area contributed by atoms with Crippen molar-refractivity contribution in [2.75, 3.05) is 31.6 Å². The third kappa shape index (κ3) is 2.98. The van der Waals surface area contributed by atoms with Crippen molar-refractivity contribution in [1.82, 2.24) is 20.4 Å². The Balaban J connectivity index is 1.95. The minimum atomic E-state index is 0.0707. The smallest absolute Gasteiger partial charge is 0.318 e. The molecule has 0 radical (unpaired) electrons. The zero-order valence-electron chi connectivity index (χ0n) is 11.0. The highest BCUT2D eigenvalue weighted by atomic mass is 16.4. The lowest BCUT2D eigenvalue weighted by atomic mass is 10.3. The molecule has 1 fully saturated rings. The molecule has 0 atom stereocenters. The van der Waals surface area contributed by atoms with Crippen molar-refractivity contribution < 1.29 is 9.21 Å². The molecule has 1 saturated heterocycles. The Hall–Kier alpha value is -1.63. The Bertz CT molecular complexity index is 417. The summed E-state index contributed by atoms with van der Waals surface area (Å²) in [7, 11) is 1.80. The highest BCUT2D eigenvalue weighted by molar-refractivity contribution is 5.81. The quantitative estimate of drug-likeness (QED) is 0.804. The number of piperazine rings is 1. The molecule has 0 spiro atoms. The summed E-state index contributed by atoms with van der Waals surface area (Å²) >= 11 is 0. The molecule has 0 aromatic carbocycles. The molecule has 7 nitrogen and oxygen atoms in total. The average molecular weight is 253 g/mol. The number of aromatic nitrogens is 2. The van der Waals surface area contributed by atoms with E-state index in [4.69, 9.17) is 4.42 Å². The van der Waals surface area contributed by atoms with E-state index in [1.54, 1.807) is 11.9 Å². The van der Waals surface area contributed by atoms with Gasteiger partial charge in [0.05, 0.1) is 6.54 Å². The van der Waals surface area contributed by atoms with Crippen LogP contribution in [0, 0.1) is 0 Å². The molecule has 1 aliphatic rings. The van der Waals surface area contributed by atoms with Crippen molar-refractivity contribution in [2.45, 2.75) is 26.4 Å². The van der Waals surface area contributed by atoms with E-state index in [9.17, 15) is 4.79 Å². The van der Waals surface area contributed by atoms with Gasteiger partial charge in [-0.1, -0.05) is 18.9 Å². The first kappa shape index (κ1) is 12.8. The van der Waals surface area contributed by atoms with Gasteiger partial charge in [-0.3, -0.25) is 4.79 Å². The van der Waals surface area contributed by atoms with E-state index >= 15 is 0 Å². The van der Waals surface area contributed by atoms with Gasteiger partial charge in [-0.05, 0) is 0 Å². The van der Waals surface area contributed by atoms with E-state index in [-0.39, 0.29) is 5.91 Å². The van der Waals surface area contributed by atoms with Crippen molar-refractivity contribution in [2.24, 2.45) is 0 Å². The number of rotatable bonds is 4. The van der Waals surface area contributed by atoms with E-state index in [0.29, 0.717) is 37.6 Å². The molecule has 18 heavy (non-hydrogen) atoms. The van der Waals surface area contributed by atoms with Gasteiger partial charge in [0.15, 0.2) is 0 Å². The normalized spacial score (nSPS) is 16.8. The van der Waals surface area contributed by atoms with Gasteiger partial charge in [0, 0.05) is 26.2 Å². The molecule has 2 heterocycles. The maximum Gasteiger partial charge on any atom is 0.318 e. The van der Waals surface area contributed by atoms with Crippen LogP contribution >= 0.6 is 0 Å². The second-order valence-electron chi connectivity index (χ2n) is 4.75. The maximum atomic E-state index is 11.6. The number of likely N-dealkylation sites (N-methyl/N-ethyl adjacent to an activating group) is 1. The van der Waals surface area contributed by atoms with E-state index < -0.39 is 0 Å². The predicted molar refractivity (Wildman–Crippen MR) is 66.1 cm³/mol. The lowest BCUT2D eigenvalue weighted by Gasteiger charge is -2.30. The van der Waals surface area contributed by atoms with Crippen LogP contribution in [0.5, 0.6) is 0 Å². The van der Waals surface area contributed by atoms with Crippen molar-refractivity contribution in [3.8, 4) is 0 Å². The van der Waals surface area contributed by atoms with Crippen LogP contribution in [-0.4, -0.2) is 53.7 Å². The van der Waals surface area contributed by atoms with Crippen molar-refractivity contribution in [3.63, 3.8) is 0 Å². The molecule has 1 aromatic heterocycles. The van der Waals surface area contributed by atoms with Crippen LogP contribution in [0.1, 0.15) is 19.7 Å². The van der Waals surface area contributed by atoms with Gasteiger partial charge >= 0.3 is 6.01 Å². The first-order valence-electron chi connectivity index (χ1n) is 6.11. The third-order valence-electron chi connectivity index (χ3n) is 2.85. The standard InChI is InChI=1S/C11H19N5O2/c1-8(2)12-6-9-13-14-11(18-9)16-5-4-15(3)10(17)7-16/h8,12H,4-7H2,1-3H3. The molecule has 1 amide bonds. The summed E-state index contributed by atoms with van der Waals surface area (Å²) in [6, 6.07) is 0.794. The summed E-state index contributed by atoms with van der Waals surface area (Å²) in [5.74, 6) is 0.617. The van der Waals surface area contributed by atoms with Crippen molar-refractivity contribution in [3.05, 3.63) is 5.89 Å². The molecule has 2 rings (SSSR count). The van der Waals surface area contributed by atoms with E-state index in [2.05, 4.69) is 29.4 Å². The molecule has 1 aliphatic heterocycles. The predicted octanol–water partition coefficient (Wildman–Crippen LogP) is -0.154. The Labute approximate surface area is 106 Å².